The van der Waals surface area contributed by atoms with Crippen LogP contribution in [0.25, 0.3) is 0 Å². The van der Waals surface area contributed by atoms with Gasteiger partial charge in [-0.3, -0.25) is 10.1 Å². The second kappa shape index (κ2) is 8.54. The maximum atomic E-state index is 12.3. The summed E-state index contributed by atoms with van der Waals surface area (Å²) in [6.45, 7) is 4.56. The minimum Gasteiger partial charge on any atom is -0.493 e. The lowest BCUT2D eigenvalue weighted by Crippen LogP contribution is -2.34. The summed E-state index contributed by atoms with van der Waals surface area (Å²) in [5.41, 5.74) is 0.441. The molecule has 2 rings (SSSR count). The predicted octanol–water partition coefficient (Wildman–Crippen LogP) is 3.02. The van der Waals surface area contributed by atoms with E-state index in [-0.39, 0.29) is 11.0 Å². The number of para-hydroxylation sites is 1. The standard InChI is InChI=1S/C15H18N4O2S2/c1-3-9-21-11-8-6-5-7-10(11)13(20)16-14(22)17-15-19-18-12(4-2)23-15/h5-8H,3-4,9H2,1-2H3,(H2,16,17,19,20,22). The van der Waals surface area contributed by atoms with Gasteiger partial charge in [-0.1, -0.05) is 37.3 Å². The summed E-state index contributed by atoms with van der Waals surface area (Å²) in [5.74, 6) is 0.216. The number of aryl methyl sites for hydroxylation is 1. The van der Waals surface area contributed by atoms with Gasteiger partial charge in [-0.15, -0.1) is 10.2 Å². The highest BCUT2D eigenvalue weighted by molar-refractivity contribution is 7.80. The normalized spacial score (nSPS) is 10.2. The second-order valence-electron chi connectivity index (χ2n) is 4.61. The van der Waals surface area contributed by atoms with Gasteiger partial charge in [0, 0.05) is 0 Å². The lowest BCUT2D eigenvalue weighted by molar-refractivity contribution is 0.0973. The molecule has 0 aliphatic heterocycles. The molecule has 1 aromatic carbocycles. The molecule has 8 heteroatoms. The Kier molecular flexibility index (Phi) is 6.42. The van der Waals surface area contributed by atoms with E-state index in [1.54, 1.807) is 18.2 Å². The fraction of sp³-hybridized carbons (Fsp3) is 0.333. The van der Waals surface area contributed by atoms with E-state index >= 15 is 0 Å². The molecule has 0 spiro atoms. The average Bonchev–Trinajstić information content (AvgIpc) is 3.00. The molecule has 0 fully saturated rings. The lowest BCUT2D eigenvalue weighted by atomic mass is 10.2. The summed E-state index contributed by atoms with van der Waals surface area (Å²) >= 11 is 6.55. The SMILES string of the molecule is CCCOc1ccccc1C(=O)NC(=S)Nc1nnc(CC)s1. The third-order valence-corrected chi connectivity index (χ3v) is 4.00. The summed E-state index contributed by atoms with van der Waals surface area (Å²) in [4.78, 5) is 12.3. The van der Waals surface area contributed by atoms with Gasteiger partial charge in [-0.25, -0.2) is 0 Å². The van der Waals surface area contributed by atoms with Gasteiger partial charge in [0.2, 0.25) is 5.13 Å². The van der Waals surface area contributed by atoms with Crippen molar-refractivity contribution in [1.29, 1.82) is 0 Å². The maximum absolute atomic E-state index is 12.3. The molecule has 6 nitrogen and oxygen atoms in total. The quantitative estimate of drug-likeness (QED) is 0.780. The van der Waals surface area contributed by atoms with Crippen molar-refractivity contribution in [3.8, 4) is 5.75 Å². The van der Waals surface area contributed by atoms with Crippen LogP contribution in [0, 0.1) is 0 Å². The van der Waals surface area contributed by atoms with Crippen LogP contribution >= 0.6 is 23.6 Å². The smallest absolute Gasteiger partial charge is 0.261 e. The molecule has 0 atom stereocenters. The van der Waals surface area contributed by atoms with Crippen molar-refractivity contribution in [3.63, 3.8) is 0 Å². The molecule has 0 saturated heterocycles. The van der Waals surface area contributed by atoms with Crippen molar-refractivity contribution in [2.45, 2.75) is 26.7 Å². The van der Waals surface area contributed by atoms with Crippen LogP contribution < -0.4 is 15.4 Å². The molecule has 2 N–H and O–H groups in total. The van der Waals surface area contributed by atoms with E-state index < -0.39 is 0 Å². The van der Waals surface area contributed by atoms with Gasteiger partial charge < -0.3 is 10.1 Å². The number of amides is 1. The summed E-state index contributed by atoms with van der Waals surface area (Å²) in [5, 5.41) is 15.1. The fourth-order valence-corrected chi connectivity index (χ4v) is 2.68. The zero-order valence-electron chi connectivity index (χ0n) is 13.0. The Hall–Kier alpha value is -2.06. The number of aromatic nitrogens is 2. The number of benzene rings is 1. The molecular formula is C15H18N4O2S2. The first-order chi connectivity index (χ1) is 11.1. The number of nitrogens with zero attached hydrogens (tertiary/aromatic N) is 2. The molecule has 0 radical (unpaired) electrons. The molecule has 2 aromatic rings. The zero-order valence-corrected chi connectivity index (χ0v) is 14.6. The molecule has 1 amide bonds. The summed E-state index contributed by atoms with van der Waals surface area (Å²) in [7, 11) is 0. The fourth-order valence-electron chi connectivity index (χ4n) is 1.74. The van der Waals surface area contributed by atoms with Crippen molar-refractivity contribution in [2.24, 2.45) is 0 Å². The molecule has 0 bridgehead atoms. The van der Waals surface area contributed by atoms with E-state index in [9.17, 15) is 4.79 Å². The van der Waals surface area contributed by atoms with E-state index in [2.05, 4.69) is 20.8 Å². The first-order valence-electron chi connectivity index (χ1n) is 7.30. The minimum atomic E-state index is -0.325. The molecule has 0 aliphatic carbocycles. The van der Waals surface area contributed by atoms with Gasteiger partial charge in [-0.05, 0) is 37.2 Å². The Bertz CT molecular complexity index is 688. The van der Waals surface area contributed by atoms with Gasteiger partial charge in [0.15, 0.2) is 5.11 Å². The number of thiocarbonyl (C=S) groups is 1. The van der Waals surface area contributed by atoms with Crippen LogP contribution in [0.5, 0.6) is 5.75 Å². The second-order valence-corrected chi connectivity index (χ2v) is 6.08. The van der Waals surface area contributed by atoms with Crippen LogP contribution in [-0.4, -0.2) is 27.8 Å². The molecule has 0 aliphatic rings. The summed E-state index contributed by atoms with van der Waals surface area (Å²) in [6.07, 6.45) is 1.67. The number of carbonyl (C=O) groups excluding carboxylic acids is 1. The molecular weight excluding hydrogens is 332 g/mol. The highest BCUT2D eigenvalue weighted by atomic mass is 32.1. The van der Waals surface area contributed by atoms with Gasteiger partial charge in [0.25, 0.3) is 5.91 Å². The van der Waals surface area contributed by atoms with Gasteiger partial charge in [-0.2, -0.15) is 0 Å². The Labute approximate surface area is 144 Å². The number of rotatable bonds is 6. The predicted molar refractivity (Wildman–Crippen MR) is 95.2 cm³/mol. The molecule has 122 valence electrons. The van der Waals surface area contributed by atoms with Crippen LogP contribution in [0.1, 0.15) is 35.6 Å². The highest BCUT2D eigenvalue weighted by Gasteiger charge is 2.14. The van der Waals surface area contributed by atoms with Crippen molar-refractivity contribution >= 4 is 39.7 Å². The van der Waals surface area contributed by atoms with Gasteiger partial charge >= 0.3 is 0 Å². The number of ether oxygens (including phenoxy) is 1. The van der Waals surface area contributed by atoms with Gasteiger partial charge in [0.05, 0.1) is 12.2 Å². The van der Waals surface area contributed by atoms with Crippen LogP contribution in [-0.2, 0) is 6.42 Å². The van der Waals surface area contributed by atoms with Gasteiger partial charge in [0.1, 0.15) is 10.8 Å². The summed E-state index contributed by atoms with van der Waals surface area (Å²) < 4.78 is 5.58. The van der Waals surface area contributed by atoms with Crippen molar-refractivity contribution < 1.29 is 9.53 Å². The first-order valence-corrected chi connectivity index (χ1v) is 8.53. The van der Waals surface area contributed by atoms with Crippen LogP contribution in [0.3, 0.4) is 0 Å². The van der Waals surface area contributed by atoms with E-state index in [0.29, 0.717) is 23.1 Å². The summed E-state index contributed by atoms with van der Waals surface area (Å²) in [6, 6.07) is 7.07. The van der Waals surface area contributed by atoms with Crippen molar-refractivity contribution in [2.75, 3.05) is 11.9 Å². The van der Waals surface area contributed by atoms with Crippen LogP contribution in [0.4, 0.5) is 5.13 Å². The Morgan fingerprint density at radius 3 is 2.78 bits per heavy atom. The minimum absolute atomic E-state index is 0.180. The van der Waals surface area contributed by atoms with E-state index in [1.807, 2.05) is 19.9 Å². The number of hydrogen-bond acceptors (Lipinski definition) is 6. The molecule has 1 aromatic heterocycles. The van der Waals surface area contributed by atoms with E-state index in [4.69, 9.17) is 17.0 Å². The third-order valence-electron chi connectivity index (χ3n) is 2.81. The maximum Gasteiger partial charge on any atom is 0.261 e. The number of carbonyl (C=O) groups is 1. The number of hydrogen-bond donors (Lipinski definition) is 2. The Balaban J connectivity index is 1.99. The Morgan fingerprint density at radius 2 is 2.09 bits per heavy atom. The van der Waals surface area contributed by atoms with Crippen molar-refractivity contribution in [1.82, 2.24) is 15.5 Å². The van der Waals surface area contributed by atoms with Crippen LogP contribution in [0.2, 0.25) is 0 Å². The Morgan fingerprint density at radius 1 is 1.30 bits per heavy atom. The number of nitrogens with one attached hydrogen (secondary N) is 2. The topological polar surface area (TPSA) is 76.1 Å². The first kappa shape index (κ1) is 17.3. The molecule has 23 heavy (non-hydrogen) atoms. The zero-order chi connectivity index (χ0) is 16.7. The molecule has 0 unspecified atom stereocenters. The third kappa shape index (κ3) is 4.97. The van der Waals surface area contributed by atoms with E-state index in [1.165, 1.54) is 11.3 Å². The number of anilines is 1. The van der Waals surface area contributed by atoms with Crippen LogP contribution in [0.15, 0.2) is 24.3 Å². The van der Waals surface area contributed by atoms with Crippen molar-refractivity contribution in [3.05, 3.63) is 34.8 Å². The molecule has 0 saturated carbocycles. The largest absolute Gasteiger partial charge is 0.493 e. The lowest BCUT2D eigenvalue weighted by Gasteiger charge is -2.11. The van der Waals surface area contributed by atoms with E-state index in [0.717, 1.165) is 17.8 Å². The monoisotopic (exact) mass is 350 g/mol. The molecule has 1 heterocycles. The average molecular weight is 350 g/mol. The highest BCUT2D eigenvalue weighted by Crippen LogP contribution is 2.18.